The zero-order valence-electron chi connectivity index (χ0n) is 16.0. The largest absolute Gasteiger partial charge is 0.478 e. The molecule has 0 unspecified atom stereocenters. The van der Waals surface area contributed by atoms with E-state index in [9.17, 15) is 33.2 Å². The first-order valence-corrected chi connectivity index (χ1v) is 10.2. The van der Waals surface area contributed by atoms with Gasteiger partial charge in [0.1, 0.15) is 11.5 Å². The normalized spacial score (nSPS) is 10.9. The number of carbonyl (C=O) groups is 2. The zero-order valence-corrected chi connectivity index (χ0v) is 16.8. The van der Waals surface area contributed by atoms with Crippen LogP contribution < -0.4 is 9.46 Å². The van der Waals surface area contributed by atoms with Gasteiger partial charge < -0.3 is 14.9 Å². The Morgan fingerprint density at radius 2 is 1.56 bits per heavy atom. The minimum atomic E-state index is -4.24. The van der Waals surface area contributed by atoms with Gasteiger partial charge >= 0.3 is 11.9 Å². The summed E-state index contributed by atoms with van der Waals surface area (Å²) < 4.78 is 32.8. The Balaban J connectivity index is 1.89. The number of benzene rings is 3. The maximum Gasteiger partial charge on any atom is 0.337 e. The summed E-state index contributed by atoms with van der Waals surface area (Å²) in [7, 11) is -4.24. The Morgan fingerprint density at radius 1 is 0.906 bits per heavy atom. The number of nitro groups is 1. The van der Waals surface area contributed by atoms with E-state index < -0.39 is 32.4 Å². The van der Waals surface area contributed by atoms with Gasteiger partial charge in [-0.3, -0.25) is 14.8 Å². The number of aromatic carboxylic acids is 2. The van der Waals surface area contributed by atoms with Crippen LogP contribution in [0.1, 0.15) is 20.7 Å². The highest BCUT2D eigenvalue weighted by Gasteiger charge is 2.20. The summed E-state index contributed by atoms with van der Waals surface area (Å²) in [5.74, 6) is -2.45. The summed E-state index contributed by atoms with van der Waals surface area (Å²) in [6.45, 7) is 0. The van der Waals surface area contributed by atoms with Crippen LogP contribution in [-0.2, 0) is 10.0 Å². The third-order valence-electron chi connectivity index (χ3n) is 4.14. The molecule has 0 aromatic heterocycles. The molecule has 11 nitrogen and oxygen atoms in total. The molecule has 0 saturated carbocycles. The summed E-state index contributed by atoms with van der Waals surface area (Å²) in [4.78, 5) is 32.5. The van der Waals surface area contributed by atoms with Crippen molar-refractivity contribution >= 4 is 33.3 Å². The minimum absolute atomic E-state index is 0.0308. The van der Waals surface area contributed by atoms with Gasteiger partial charge in [-0.05, 0) is 48.5 Å². The Hall–Kier alpha value is -4.45. The third kappa shape index (κ3) is 4.99. The average Bonchev–Trinajstić information content (AvgIpc) is 2.74. The minimum Gasteiger partial charge on any atom is -0.478 e. The van der Waals surface area contributed by atoms with Crippen molar-refractivity contribution in [3.05, 3.63) is 88.0 Å². The van der Waals surface area contributed by atoms with Crippen molar-refractivity contribution in [3.8, 4) is 11.5 Å². The quantitative estimate of drug-likeness (QED) is 0.337. The topological polar surface area (TPSA) is 173 Å². The zero-order chi connectivity index (χ0) is 23.5. The summed E-state index contributed by atoms with van der Waals surface area (Å²) >= 11 is 0. The van der Waals surface area contributed by atoms with Crippen LogP contribution >= 0.6 is 0 Å². The van der Waals surface area contributed by atoms with Crippen molar-refractivity contribution in [3.63, 3.8) is 0 Å². The van der Waals surface area contributed by atoms with Crippen molar-refractivity contribution in [2.75, 3.05) is 4.72 Å². The maximum atomic E-state index is 12.6. The first-order chi connectivity index (χ1) is 15.1. The third-order valence-corrected chi connectivity index (χ3v) is 5.52. The highest BCUT2D eigenvalue weighted by atomic mass is 32.2. The number of non-ortho nitro benzene ring substituents is 1. The van der Waals surface area contributed by atoms with Crippen molar-refractivity contribution < 1.29 is 37.9 Å². The lowest BCUT2D eigenvalue weighted by molar-refractivity contribution is -0.384. The number of nitrogens with zero attached hydrogens (tertiary/aromatic N) is 1. The molecule has 32 heavy (non-hydrogen) atoms. The number of ether oxygens (including phenoxy) is 1. The van der Waals surface area contributed by atoms with Crippen molar-refractivity contribution in [2.24, 2.45) is 0 Å². The van der Waals surface area contributed by atoms with E-state index in [1.807, 2.05) is 0 Å². The van der Waals surface area contributed by atoms with Gasteiger partial charge in [0.15, 0.2) is 0 Å². The number of nitrogens with one attached hydrogen (secondary N) is 1. The standard InChI is InChI=1S/C20H14N2O9S/c23-19(24)12-2-1-3-14(10-12)31-15-6-9-18(17(11-15)20(25)26)21-32(29,30)16-7-4-13(5-8-16)22(27)28/h1-11,21H,(H,23,24)(H,25,26). The number of hydrogen-bond donors (Lipinski definition) is 3. The van der Waals surface area contributed by atoms with Crippen molar-refractivity contribution in [1.29, 1.82) is 0 Å². The predicted octanol–water partition coefficient (Wildman–Crippen LogP) is 3.58. The molecule has 0 fully saturated rings. The Morgan fingerprint density at radius 3 is 2.16 bits per heavy atom. The Bertz CT molecular complexity index is 1320. The van der Waals surface area contributed by atoms with Gasteiger partial charge in [-0.15, -0.1) is 0 Å². The molecule has 3 N–H and O–H groups in total. The average molecular weight is 458 g/mol. The fourth-order valence-electron chi connectivity index (χ4n) is 2.63. The lowest BCUT2D eigenvalue weighted by Crippen LogP contribution is -2.15. The molecule has 0 spiro atoms. The van der Waals surface area contributed by atoms with Crippen LogP contribution in [0.2, 0.25) is 0 Å². The summed E-state index contributed by atoms with van der Waals surface area (Å²) in [5.41, 5.74) is -1.03. The van der Waals surface area contributed by atoms with Gasteiger partial charge in [0.05, 0.1) is 26.6 Å². The second kappa shape index (κ2) is 8.73. The summed E-state index contributed by atoms with van der Waals surface area (Å²) in [6, 6.07) is 13.1. The Labute approximate surface area is 180 Å². The monoisotopic (exact) mass is 458 g/mol. The molecule has 12 heteroatoms. The van der Waals surface area contributed by atoms with Gasteiger partial charge in [0, 0.05) is 12.1 Å². The summed E-state index contributed by atoms with van der Waals surface area (Å²) in [6.07, 6.45) is 0. The van der Waals surface area contributed by atoms with Gasteiger partial charge in [0.2, 0.25) is 0 Å². The van der Waals surface area contributed by atoms with Gasteiger partial charge in [-0.1, -0.05) is 6.07 Å². The van der Waals surface area contributed by atoms with Gasteiger partial charge in [-0.2, -0.15) is 0 Å². The fourth-order valence-corrected chi connectivity index (χ4v) is 3.71. The first-order valence-electron chi connectivity index (χ1n) is 8.72. The van der Waals surface area contributed by atoms with Crippen LogP contribution in [0.25, 0.3) is 0 Å². The molecule has 0 atom stereocenters. The lowest BCUT2D eigenvalue weighted by atomic mass is 10.1. The first kappa shape index (κ1) is 22.2. The molecule has 3 rings (SSSR count). The number of anilines is 1. The van der Waals surface area contributed by atoms with E-state index in [1.165, 1.54) is 36.4 Å². The molecule has 0 aliphatic heterocycles. The Kier molecular flexibility index (Phi) is 6.07. The van der Waals surface area contributed by atoms with Crippen LogP contribution in [0, 0.1) is 10.1 Å². The molecule has 0 aliphatic carbocycles. The molecular formula is C20H14N2O9S. The number of rotatable bonds is 8. The van der Waals surface area contributed by atoms with E-state index >= 15 is 0 Å². The van der Waals surface area contributed by atoms with Crippen LogP contribution in [-0.4, -0.2) is 35.5 Å². The molecule has 0 heterocycles. The summed E-state index contributed by atoms with van der Waals surface area (Å²) in [5, 5.41) is 29.3. The molecule has 0 aliphatic rings. The van der Waals surface area contributed by atoms with E-state index in [-0.39, 0.29) is 33.3 Å². The fraction of sp³-hybridized carbons (Fsp3) is 0. The number of hydrogen-bond acceptors (Lipinski definition) is 7. The smallest absolute Gasteiger partial charge is 0.337 e. The molecule has 3 aromatic rings. The van der Waals surface area contributed by atoms with E-state index in [0.29, 0.717) is 0 Å². The molecule has 0 bridgehead atoms. The van der Waals surface area contributed by atoms with E-state index in [4.69, 9.17) is 9.84 Å². The van der Waals surface area contributed by atoms with Crippen LogP contribution in [0.3, 0.4) is 0 Å². The number of carboxylic acids is 2. The predicted molar refractivity (Wildman–Crippen MR) is 111 cm³/mol. The highest BCUT2D eigenvalue weighted by molar-refractivity contribution is 7.92. The van der Waals surface area contributed by atoms with Crippen LogP contribution in [0.5, 0.6) is 11.5 Å². The maximum absolute atomic E-state index is 12.6. The SMILES string of the molecule is O=C(O)c1cccc(Oc2ccc(NS(=O)(=O)c3ccc([N+](=O)[O-])cc3)c(C(=O)O)c2)c1. The molecule has 3 aromatic carbocycles. The number of sulfonamides is 1. The number of carboxylic acid groups (broad SMARTS) is 2. The van der Waals surface area contributed by atoms with Crippen molar-refractivity contribution in [2.45, 2.75) is 4.90 Å². The number of nitro benzene ring substituents is 1. The molecule has 0 amide bonds. The molecule has 0 radical (unpaired) electrons. The lowest BCUT2D eigenvalue weighted by Gasteiger charge is -2.13. The van der Waals surface area contributed by atoms with E-state index in [2.05, 4.69) is 4.72 Å². The van der Waals surface area contributed by atoms with Gasteiger partial charge in [0.25, 0.3) is 15.7 Å². The van der Waals surface area contributed by atoms with Crippen molar-refractivity contribution in [1.82, 2.24) is 0 Å². The van der Waals surface area contributed by atoms with Crippen LogP contribution in [0.4, 0.5) is 11.4 Å². The molecule has 0 saturated heterocycles. The van der Waals surface area contributed by atoms with E-state index in [1.54, 1.807) is 0 Å². The molecular weight excluding hydrogens is 444 g/mol. The highest BCUT2D eigenvalue weighted by Crippen LogP contribution is 2.29. The molecule has 164 valence electrons. The van der Waals surface area contributed by atoms with Crippen LogP contribution in [0.15, 0.2) is 71.6 Å². The van der Waals surface area contributed by atoms with Gasteiger partial charge in [-0.25, -0.2) is 18.0 Å². The van der Waals surface area contributed by atoms with E-state index in [0.717, 1.165) is 30.3 Å². The second-order valence-corrected chi connectivity index (χ2v) is 7.99. The second-order valence-electron chi connectivity index (χ2n) is 6.30.